The van der Waals surface area contributed by atoms with Gasteiger partial charge in [-0.05, 0) is 48.4 Å². The van der Waals surface area contributed by atoms with Crippen molar-refractivity contribution >= 4 is 17.5 Å². The maximum Gasteiger partial charge on any atom is 0.321 e. The minimum absolute atomic E-state index is 0.0338. The van der Waals surface area contributed by atoms with Crippen LogP contribution in [0.15, 0.2) is 72.8 Å². The number of hydrogen-bond donors (Lipinski definition) is 1. The fourth-order valence-corrected chi connectivity index (χ4v) is 5.77. The molecule has 0 unspecified atom stereocenters. The van der Waals surface area contributed by atoms with E-state index >= 15 is 0 Å². The van der Waals surface area contributed by atoms with Gasteiger partial charge in [0.2, 0.25) is 0 Å². The summed E-state index contributed by atoms with van der Waals surface area (Å²) in [6.45, 7) is 15.6. The molecule has 42 heavy (non-hydrogen) atoms. The molecule has 0 radical (unpaired) electrons. The topological polar surface area (TPSA) is 61.4 Å². The molecule has 0 bridgehead atoms. The van der Waals surface area contributed by atoms with Gasteiger partial charge in [0, 0.05) is 55.1 Å². The second kappa shape index (κ2) is 12.8. The summed E-state index contributed by atoms with van der Waals surface area (Å²) in [5, 5.41) is 3.30. The number of benzene rings is 3. The van der Waals surface area contributed by atoms with Gasteiger partial charge in [-0.1, -0.05) is 100.0 Å². The predicted molar refractivity (Wildman–Crippen MR) is 174 cm³/mol. The van der Waals surface area contributed by atoms with Gasteiger partial charge in [-0.3, -0.25) is 0 Å². The molecule has 1 N–H and O–H groups in total. The zero-order valence-corrected chi connectivity index (χ0v) is 25.8. The van der Waals surface area contributed by atoms with Gasteiger partial charge in [-0.25, -0.2) is 14.8 Å². The van der Waals surface area contributed by atoms with Gasteiger partial charge >= 0.3 is 6.03 Å². The summed E-state index contributed by atoms with van der Waals surface area (Å²) in [6.07, 6.45) is 0.765. The molecule has 2 amide bonds. The molecular weight excluding hydrogens is 518 g/mol. The van der Waals surface area contributed by atoms with Gasteiger partial charge in [-0.15, -0.1) is 0 Å². The van der Waals surface area contributed by atoms with E-state index in [0.717, 1.165) is 40.6 Å². The lowest BCUT2D eigenvalue weighted by Crippen LogP contribution is -2.50. The normalized spacial score (nSPS) is 13.6. The van der Waals surface area contributed by atoms with Crippen LogP contribution in [0.1, 0.15) is 73.0 Å². The highest BCUT2D eigenvalue weighted by Crippen LogP contribution is 2.33. The standard InChI is InChI=1S/C36H43N5O/c1-24(2)30-16-11-17-31(25(3)4)33(30)38-36(42)41-20-18-40(19-21-41)35-32(23-28-13-8-7-9-14-28)27(6)37-34(39-35)29-15-10-12-26(5)22-29/h7-17,22,24-25H,18-21,23H2,1-6H3,(H,38,42). The zero-order valence-electron chi connectivity index (χ0n) is 25.8. The van der Waals surface area contributed by atoms with Crippen molar-refractivity contribution in [2.75, 3.05) is 36.4 Å². The third-order valence-corrected chi connectivity index (χ3v) is 8.16. The molecule has 3 aromatic carbocycles. The number of rotatable bonds is 7. The first kappa shape index (κ1) is 29.3. The first-order valence-corrected chi connectivity index (χ1v) is 15.1. The summed E-state index contributed by atoms with van der Waals surface area (Å²) < 4.78 is 0. The molecule has 6 nitrogen and oxygen atoms in total. The van der Waals surface area contributed by atoms with Crippen LogP contribution in [0.3, 0.4) is 0 Å². The van der Waals surface area contributed by atoms with E-state index in [1.54, 1.807) is 0 Å². The Morgan fingerprint density at radius 3 is 2.07 bits per heavy atom. The van der Waals surface area contributed by atoms with Crippen LogP contribution in [-0.4, -0.2) is 47.1 Å². The molecule has 0 spiro atoms. The fourth-order valence-electron chi connectivity index (χ4n) is 5.77. The zero-order chi connectivity index (χ0) is 29.8. The highest BCUT2D eigenvalue weighted by atomic mass is 16.2. The summed E-state index contributed by atoms with van der Waals surface area (Å²) in [4.78, 5) is 27.9. The van der Waals surface area contributed by atoms with Gasteiger partial charge in [0.1, 0.15) is 5.82 Å². The summed E-state index contributed by atoms with van der Waals surface area (Å²) in [6, 6.07) is 25.2. The Hall–Kier alpha value is -4.19. The average Bonchev–Trinajstić information content (AvgIpc) is 2.98. The lowest BCUT2D eigenvalue weighted by molar-refractivity contribution is 0.208. The van der Waals surface area contributed by atoms with E-state index in [9.17, 15) is 4.79 Å². The van der Waals surface area contributed by atoms with E-state index < -0.39 is 0 Å². The number of urea groups is 1. The van der Waals surface area contributed by atoms with E-state index in [0.29, 0.717) is 38.0 Å². The van der Waals surface area contributed by atoms with Crippen molar-refractivity contribution in [2.24, 2.45) is 0 Å². The Labute approximate surface area is 250 Å². The van der Waals surface area contributed by atoms with Crippen LogP contribution in [0.4, 0.5) is 16.3 Å². The van der Waals surface area contributed by atoms with E-state index in [4.69, 9.17) is 9.97 Å². The van der Waals surface area contributed by atoms with Crippen LogP contribution in [0.25, 0.3) is 11.4 Å². The molecule has 1 fully saturated rings. The molecule has 2 heterocycles. The molecule has 1 aliphatic rings. The summed E-state index contributed by atoms with van der Waals surface area (Å²) >= 11 is 0. The fraction of sp³-hybridized carbons (Fsp3) is 0.361. The van der Waals surface area contributed by atoms with E-state index in [1.807, 2.05) is 11.0 Å². The maximum atomic E-state index is 13.6. The number of aromatic nitrogens is 2. The van der Waals surface area contributed by atoms with Crippen LogP contribution in [0.5, 0.6) is 0 Å². The number of para-hydroxylation sites is 1. The molecule has 1 saturated heterocycles. The van der Waals surface area contributed by atoms with E-state index in [1.165, 1.54) is 22.3 Å². The average molecular weight is 562 g/mol. The molecule has 0 atom stereocenters. The number of nitrogens with one attached hydrogen (secondary N) is 1. The maximum absolute atomic E-state index is 13.6. The Balaban J connectivity index is 1.40. The summed E-state index contributed by atoms with van der Waals surface area (Å²) in [7, 11) is 0. The van der Waals surface area contributed by atoms with E-state index in [-0.39, 0.29) is 6.03 Å². The predicted octanol–water partition coefficient (Wildman–Crippen LogP) is 7.95. The number of nitrogens with zero attached hydrogens (tertiary/aromatic N) is 4. The number of carbonyl (C=O) groups is 1. The number of carbonyl (C=O) groups excluding carboxylic acids is 1. The van der Waals surface area contributed by atoms with Crippen molar-refractivity contribution in [1.29, 1.82) is 0 Å². The minimum atomic E-state index is -0.0338. The van der Waals surface area contributed by atoms with Crippen LogP contribution in [0.2, 0.25) is 0 Å². The smallest absolute Gasteiger partial charge is 0.321 e. The summed E-state index contributed by atoms with van der Waals surface area (Å²) in [5.41, 5.74) is 8.90. The van der Waals surface area contributed by atoms with Gasteiger partial charge < -0.3 is 15.1 Å². The molecule has 218 valence electrons. The lowest BCUT2D eigenvalue weighted by atomic mass is 9.93. The van der Waals surface area contributed by atoms with Crippen molar-refractivity contribution < 1.29 is 4.79 Å². The first-order valence-electron chi connectivity index (χ1n) is 15.1. The number of hydrogen-bond acceptors (Lipinski definition) is 4. The Bertz CT molecular complexity index is 1510. The number of piperazine rings is 1. The number of aryl methyl sites for hydroxylation is 2. The molecule has 1 aliphatic heterocycles. The van der Waals surface area contributed by atoms with Gasteiger partial charge in [-0.2, -0.15) is 0 Å². The largest absolute Gasteiger partial charge is 0.353 e. The van der Waals surface area contributed by atoms with Crippen molar-refractivity contribution in [3.05, 3.63) is 106 Å². The quantitative estimate of drug-likeness (QED) is 0.249. The van der Waals surface area contributed by atoms with Gasteiger partial charge in [0.15, 0.2) is 5.82 Å². The molecule has 0 saturated carbocycles. The van der Waals surface area contributed by atoms with Gasteiger partial charge in [0.05, 0.1) is 0 Å². The molecule has 4 aromatic rings. The Morgan fingerprint density at radius 1 is 0.810 bits per heavy atom. The third kappa shape index (κ3) is 6.48. The molecule has 6 heteroatoms. The van der Waals surface area contributed by atoms with Crippen molar-refractivity contribution in [3.63, 3.8) is 0 Å². The summed E-state index contributed by atoms with van der Waals surface area (Å²) in [5.74, 6) is 2.36. The van der Waals surface area contributed by atoms with Crippen LogP contribution < -0.4 is 10.2 Å². The van der Waals surface area contributed by atoms with Gasteiger partial charge in [0.25, 0.3) is 0 Å². The number of anilines is 2. The highest BCUT2D eigenvalue weighted by molar-refractivity contribution is 5.91. The molecule has 5 rings (SSSR count). The number of amides is 2. The SMILES string of the molecule is Cc1cccc(-c2nc(C)c(Cc3ccccc3)c(N3CCN(C(=O)Nc4c(C(C)C)cccc4C(C)C)CC3)n2)c1. The van der Waals surface area contributed by atoms with Crippen LogP contribution >= 0.6 is 0 Å². The monoisotopic (exact) mass is 561 g/mol. The second-order valence-corrected chi connectivity index (χ2v) is 12.0. The van der Waals surface area contributed by atoms with Crippen molar-refractivity contribution in [1.82, 2.24) is 14.9 Å². The minimum Gasteiger partial charge on any atom is -0.353 e. The molecule has 1 aromatic heterocycles. The highest BCUT2D eigenvalue weighted by Gasteiger charge is 2.27. The van der Waals surface area contributed by atoms with Crippen LogP contribution in [0, 0.1) is 13.8 Å². The molecular formula is C36H43N5O. The third-order valence-electron chi connectivity index (χ3n) is 8.16. The molecule has 0 aliphatic carbocycles. The van der Waals surface area contributed by atoms with Crippen LogP contribution in [-0.2, 0) is 6.42 Å². The second-order valence-electron chi connectivity index (χ2n) is 12.0. The van der Waals surface area contributed by atoms with E-state index in [2.05, 4.69) is 118 Å². The first-order chi connectivity index (χ1) is 20.2. The Morgan fingerprint density at radius 2 is 1.45 bits per heavy atom. The van der Waals surface area contributed by atoms with Crippen molar-refractivity contribution in [2.45, 2.75) is 59.8 Å². The lowest BCUT2D eigenvalue weighted by Gasteiger charge is -2.37. The Kier molecular flexibility index (Phi) is 8.91. The van der Waals surface area contributed by atoms with Crippen molar-refractivity contribution in [3.8, 4) is 11.4 Å².